The summed E-state index contributed by atoms with van der Waals surface area (Å²) in [7, 11) is 0. The molecule has 1 aliphatic rings. The lowest BCUT2D eigenvalue weighted by Gasteiger charge is -2.39. The number of aliphatic carboxylic acids is 1. The molecule has 2 aromatic rings. The van der Waals surface area contributed by atoms with E-state index in [4.69, 9.17) is 0 Å². The number of rotatable bonds is 4. The van der Waals surface area contributed by atoms with E-state index in [0.29, 0.717) is 0 Å². The van der Waals surface area contributed by atoms with Crippen molar-refractivity contribution < 1.29 is 9.90 Å². The van der Waals surface area contributed by atoms with Gasteiger partial charge in [-0.15, -0.1) is 0 Å². The van der Waals surface area contributed by atoms with Crippen molar-refractivity contribution in [3.05, 3.63) is 65.2 Å². The number of hydrogen-bond acceptors (Lipinski definition) is 3. The molecule has 0 aliphatic carbocycles. The van der Waals surface area contributed by atoms with Crippen LogP contribution in [0.2, 0.25) is 0 Å². The Balaban J connectivity index is 1.77. The Hall–Kier alpha value is -2.33. The number of piperazine rings is 1. The minimum Gasteiger partial charge on any atom is -0.480 e. The summed E-state index contributed by atoms with van der Waals surface area (Å²) in [5.41, 5.74) is 4.34. The average molecular weight is 324 g/mol. The lowest BCUT2D eigenvalue weighted by Crippen LogP contribution is -2.49. The van der Waals surface area contributed by atoms with Gasteiger partial charge in [0.05, 0.1) is 0 Å². The number of benzene rings is 2. The van der Waals surface area contributed by atoms with Gasteiger partial charge in [-0.2, -0.15) is 0 Å². The van der Waals surface area contributed by atoms with E-state index in [2.05, 4.69) is 21.9 Å². The fourth-order valence-corrected chi connectivity index (χ4v) is 3.43. The number of anilines is 1. The zero-order valence-corrected chi connectivity index (χ0v) is 14.3. The van der Waals surface area contributed by atoms with E-state index in [1.54, 1.807) is 0 Å². The van der Waals surface area contributed by atoms with Gasteiger partial charge in [-0.05, 0) is 42.7 Å². The van der Waals surface area contributed by atoms with Gasteiger partial charge in [0.2, 0.25) is 0 Å². The predicted molar refractivity (Wildman–Crippen MR) is 96.5 cm³/mol. The van der Waals surface area contributed by atoms with Gasteiger partial charge in [0.15, 0.2) is 0 Å². The van der Waals surface area contributed by atoms with Gasteiger partial charge in [-0.3, -0.25) is 9.69 Å². The summed E-state index contributed by atoms with van der Waals surface area (Å²) in [5, 5.41) is 9.82. The van der Waals surface area contributed by atoms with Crippen LogP contribution in [0.25, 0.3) is 0 Å². The molecule has 1 unspecified atom stereocenters. The van der Waals surface area contributed by atoms with Gasteiger partial charge < -0.3 is 10.0 Å². The van der Waals surface area contributed by atoms with Gasteiger partial charge in [0.25, 0.3) is 0 Å². The van der Waals surface area contributed by atoms with E-state index in [0.717, 1.165) is 42.9 Å². The normalized spacial score (nSPS) is 16.8. The second kappa shape index (κ2) is 7.05. The van der Waals surface area contributed by atoms with Crippen molar-refractivity contribution in [1.82, 2.24) is 4.90 Å². The molecule has 0 radical (unpaired) electrons. The maximum absolute atomic E-state index is 12.0. The van der Waals surface area contributed by atoms with E-state index >= 15 is 0 Å². The van der Waals surface area contributed by atoms with Crippen LogP contribution in [0.3, 0.4) is 0 Å². The SMILES string of the molecule is Cc1cccc(C(C(=O)O)N2CCN(c3ccccc3)CC2)c1C. The van der Waals surface area contributed by atoms with Crippen LogP contribution >= 0.6 is 0 Å². The number of carboxylic acids is 1. The Morgan fingerprint density at radius 1 is 0.958 bits per heavy atom. The molecule has 0 spiro atoms. The maximum Gasteiger partial charge on any atom is 0.325 e. The van der Waals surface area contributed by atoms with Gasteiger partial charge >= 0.3 is 5.97 Å². The second-order valence-corrected chi connectivity index (χ2v) is 6.39. The highest BCUT2D eigenvalue weighted by atomic mass is 16.4. The highest BCUT2D eigenvalue weighted by Crippen LogP contribution is 2.28. The molecule has 0 saturated carbocycles. The zero-order chi connectivity index (χ0) is 17.1. The first kappa shape index (κ1) is 16.5. The lowest BCUT2D eigenvalue weighted by molar-refractivity contribution is -0.143. The second-order valence-electron chi connectivity index (χ2n) is 6.39. The van der Waals surface area contributed by atoms with Crippen LogP contribution in [-0.2, 0) is 4.79 Å². The molecule has 1 heterocycles. The third-order valence-corrected chi connectivity index (χ3v) is 4.98. The first-order valence-corrected chi connectivity index (χ1v) is 8.41. The molecular formula is C20H24N2O2. The van der Waals surface area contributed by atoms with E-state index in [9.17, 15) is 9.90 Å². The van der Waals surface area contributed by atoms with Crippen molar-refractivity contribution >= 4 is 11.7 Å². The molecule has 0 bridgehead atoms. The number of aryl methyl sites for hydroxylation is 1. The molecule has 126 valence electrons. The molecular weight excluding hydrogens is 300 g/mol. The molecule has 0 amide bonds. The van der Waals surface area contributed by atoms with Crippen molar-refractivity contribution in [3.63, 3.8) is 0 Å². The van der Waals surface area contributed by atoms with E-state index in [-0.39, 0.29) is 0 Å². The highest BCUT2D eigenvalue weighted by Gasteiger charge is 2.31. The number of carbonyl (C=O) groups is 1. The van der Waals surface area contributed by atoms with Crippen LogP contribution in [-0.4, -0.2) is 42.2 Å². The predicted octanol–water partition coefficient (Wildman–Crippen LogP) is 3.25. The van der Waals surface area contributed by atoms with Crippen LogP contribution in [0.5, 0.6) is 0 Å². The van der Waals surface area contributed by atoms with Crippen molar-refractivity contribution in [1.29, 1.82) is 0 Å². The fourth-order valence-electron chi connectivity index (χ4n) is 3.43. The van der Waals surface area contributed by atoms with Crippen LogP contribution in [0.1, 0.15) is 22.7 Å². The molecule has 1 aliphatic heterocycles. The Bertz CT molecular complexity index is 707. The quantitative estimate of drug-likeness (QED) is 0.937. The monoisotopic (exact) mass is 324 g/mol. The molecule has 1 fully saturated rings. The molecule has 1 saturated heterocycles. The Kier molecular flexibility index (Phi) is 4.86. The van der Waals surface area contributed by atoms with Crippen molar-refractivity contribution in [2.45, 2.75) is 19.9 Å². The highest BCUT2D eigenvalue weighted by molar-refractivity contribution is 5.76. The Labute approximate surface area is 143 Å². The van der Waals surface area contributed by atoms with Crippen molar-refractivity contribution in [2.75, 3.05) is 31.1 Å². The minimum atomic E-state index is -0.767. The third-order valence-electron chi connectivity index (χ3n) is 4.98. The number of carboxylic acid groups (broad SMARTS) is 1. The first-order valence-electron chi connectivity index (χ1n) is 8.41. The van der Waals surface area contributed by atoms with E-state index in [1.165, 1.54) is 5.69 Å². The molecule has 24 heavy (non-hydrogen) atoms. The topological polar surface area (TPSA) is 43.8 Å². The van der Waals surface area contributed by atoms with Crippen LogP contribution in [0, 0.1) is 13.8 Å². The average Bonchev–Trinajstić information content (AvgIpc) is 2.60. The first-order chi connectivity index (χ1) is 11.6. The van der Waals surface area contributed by atoms with Gasteiger partial charge in [-0.25, -0.2) is 0 Å². The lowest BCUT2D eigenvalue weighted by atomic mass is 9.96. The summed E-state index contributed by atoms with van der Waals surface area (Å²) < 4.78 is 0. The summed E-state index contributed by atoms with van der Waals surface area (Å²) in [5.74, 6) is -0.767. The number of hydrogen-bond donors (Lipinski definition) is 1. The smallest absolute Gasteiger partial charge is 0.325 e. The molecule has 3 rings (SSSR count). The van der Waals surface area contributed by atoms with Crippen LogP contribution in [0.4, 0.5) is 5.69 Å². The van der Waals surface area contributed by atoms with Crippen molar-refractivity contribution in [3.8, 4) is 0 Å². The largest absolute Gasteiger partial charge is 0.480 e. The maximum atomic E-state index is 12.0. The third kappa shape index (κ3) is 3.29. The number of para-hydroxylation sites is 1. The van der Waals surface area contributed by atoms with Crippen LogP contribution < -0.4 is 4.90 Å². The molecule has 4 nitrogen and oxygen atoms in total. The van der Waals surface area contributed by atoms with Gasteiger partial charge in [-0.1, -0.05) is 36.4 Å². The molecule has 0 aromatic heterocycles. The zero-order valence-electron chi connectivity index (χ0n) is 14.3. The summed E-state index contributed by atoms with van der Waals surface area (Å²) in [6.07, 6.45) is 0. The fraction of sp³-hybridized carbons (Fsp3) is 0.350. The van der Waals surface area contributed by atoms with E-state index in [1.807, 2.05) is 50.2 Å². The molecule has 2 aromatic carbocycles. The van der Waals surface area contributed by atoms with Crippen LogP contribution in [0.15, 0.2) is 48.5 Å². The molecule has 4 heteroatoms. The van der Waals surface area contributed by atoms with E-state index < -0.39 is 12.0 Å². The number of nitrogens with zero attached hydrogens (tertiary/aromatic N) is 2. The summed E-state index contributed by atoms with van der Waals surface area (Å²) >= 11 is 0. The van der Waals surface area contributed by atoms with Crippen molar-refractivity contribution in [2.24, 2.45) is 0 Å². The summed E-state index contributed by atoms with van der Waals surface area (Å²) in [4.78, 5) is 16.4. The molecule has 1 N–H and O–H groups in total. The Morgan fingerprint density at radius 3 is 2.25 bits per heavy atom. The summed E-state index contributed by atoms with van der Waals surface area (Å²) in [6.45, 7) is 7.24. The van der Waals surface area contributed by atoms with Gasteiger partial charge in [0, 0.05) is 31.9 Å². The Morgan fingerprint density at radius 2 is 1.62 bits per heavy atom. The van der Waals surface area contributed by atoms with Gasteiger partial charge in [0.1, 0.15) is 6.04 Å². The molecule has 1 atom stereocenters. The summed E-state index contributed by atoms with van der Waals surface area (Å²) in [6, 6.07) is 15.7. The standard InChI is InChI=1S/C20H24N2O2/c1-15-7-6-10-18(16(15)2)19(20(23)24)22-13-11-21(12-14-22)17-8-4-3-5-9-17/h3-10,19H,11-14H2,1-2H3,(H,23,24). The minimum absolute atomic E-state index is 0.567.